The van der Waals surface area contributed by atoms with Crippen LogP contribution in [0.25, 0.3) is 15.9 Å². The summed E-state index contributed by atoms with van der Waals surface area (Å²) in [7, 11) is 1.58. The third kappa shape index (κ3) is 4.67. The van der Waals surface area contributed by atoms with Crippen molar-refractivity contribution in [2.24, 2.45) is 0 Å². The maximum atomic E-state index is 13.3. The van der Waals surface area contributed by atoms with Crippen LogP contribution in [0.5, 0.6) is 5.75 Å². The molecule has 0 bridgehead atoms. The van der Waals surface area contributed by atoms with Gasteiger partial charge in [0.25, 0.3) is 5.56 Å². The van der Waals surface area contributed by atoms with Crippen LogP contribution in [-0.4, -0.2) is 27.8 Å². The molecule has 0 radical (unpaired) electrons. The summed E-state index contributed by atoms with van der Waals surface area (Å²) in [4.78, 5) is 31.0. The molecule has 6 nitrogen and oxygen atoms in total. The number of hydrogen-bond acceptors (Lipinski definition) is 6. The highest BCUT2D eigenvalue weighted by Crippen LogP contribution is 2.29. The van der Waals surface area contributed by atoms with Crippen LogP contribution < -0.4 is 15.6 Å². The Kier molecular flexibility index (Phi) is 6.83. The molecule has 4 rings (SSSR count). The number of methoxy groups -OCH3 is 1. The highest BCUT2D eigenvalue weighted by atomic mass is 35.5. The van der Waals surface area contributed by atoms with Crippen LogP contribution in [0.3, 0.4) is 0 Å². The highest BCUT2D eigenvalue weighted by Gasteiger charge is 2.23. The molecule has 32 heavy (non-hydrogen) atoms. The van der Waals surface area contributed by atoms with E-state index in [4.69, 9.17) is 21.3 Å². The van der Waals surface area contributed by atoms with Crippen molar-refractivity contribution in [2.75, 3.05) is 12.4 Å². The van der Waals surface area contributed by atoms with Crippen LogP contribution in [-0.2, 0) is 4.79 Å². The number of carbonyl (C=O) groups excluding carboxylic acids is 1. The van der Waals surface area contributed by atoms with E-state index in [-0.39, 0.29) is 11.5 Å². The lowest BCUT2D eigenvalue weighted by atomic mass is 10.2. The van der Waals surface area contributed by atoms with Gasteiger partial charge in [0.15, 0.2) is 5.16 Å². The zero-order valence-corrected chi connectivity index (χ0v) is 19.8. The summed E-state index contributed by atoms with van der Waals surface area (Å²) in [6.07, 6.45) is 0.554. The van der Waals surface area contributed by atoms with Gasteiger partial charge in [0, 0.05) is 16.8 Å². The van der Waals surface area contributed by atoms with Gasteiger partial charge in [-0.15, -0.1) is 11.3 Å². The zero-order valence-electron chi connectivity index (χ0n) is 17.4. The molecule has 2 aromatic heterocycles. The Balaban J connectivity index is 1.70. The van der Waals surface area contributed by atoms with E-state index in [9.17, 15) is 9.59 Å². The number of rotatable bonds is 7. The van der Waals surface area contributed by atoms with Gasteiger partial charge in [-0.3, -0.25) is 14.2 Å². The van der Waals surface area contributed by atoms with Crippen LogP contribution in [0.1, 0.15) is 13.3 Å². The van der Waals surface area contributed by atoms with Gasteiger partial charge in [-0.1, -0.05) is 36.4 Å². The maximum Gasteiger partial charge on any atom is 0.276 e. The monoisotopic (exact) mass is 485 g/mol. The molecule has 0 spiro atoms. The van der Waals surface area contributed by atoms with Gasteiger partial charge in [0.2, 0.25) is 5.91 Å². The minimum absolute atomic E-state index is 0.169. The van der Waals surface area contributed by atoms with Gasteiger partial charge in [-0.25, -0.2) is 4.98 Å². The normalized spacial score (nSPS) is 12.0. The number of carbonyl (C=O) groups is 1. The minimum atomic E-state index is -0.456. The van der Waals surface area contributed by atoms with E-state index in [2.05, 4.69) is 5.32 Å². The standard InChI is InChI=1S/C23H20ClN3O3S2/c1-3-19(21(28)25-15-5-4-6-17(13-15)30-2)32-23-26-18-11-12-31-20(18)22(29)27(23)16-9-7-14(24)8-10-16/h4-13,19H,3H2,1-2H3,(H,25,28). The van der Waals surface area contributed by atoms with Crippen molar-refractivity contribution in [3.05, 3.63) is 75.4 Å². The Morgan fingerprint density at radius 1 is 1.25 bits per heavy atom. The van der Waals surface area contributed by atoms with Crippen molar-refractivity contribution >= 4 is 56.5 Å². The number of nitrogens with one attached hydrogen (secondary N) is 1. The average molecular weight is 486 g/mol. The van der Waals surface area contributed by atoms with Crippen LogP contribution in [0, 0.1) is 0 Å². The van der Waals surface area contributed by atoms with Crippen molar-refractivity contribution < 1.29 is 9.53 Å². The number of thioether (sulfide) groups is 1. The zero-order chi connectivity index (χ0) is 22.7. The first kappa shape index (κ1) is 22.4. The first-order valence-corrected chi connectivity index (χ1v) is 12.0. The fourth-order valence-electron chi connectivity index (χ4n) is 3.16. The van der Waals surface area contributed by atoms with Gasteiger partial charge in [0.05, 0.1) is 23.6 Å². The Morgan fingerprint density at radius 2 is 2.03 bits per heavy atom. The molecular formula is C23H20ClN3O3S2. The van der Waals surface area contributed by atoms with E-state index in [1.54, 1.807) is 48.1 Å². The molecule has 1 atom stereocenters. The number of fused-ring (bicyclic) bond motifs is 1. The van der Waals surface area contributed by atoms with Gasteiger partial charge >= 0.3 is 0 Å². The molecule has 0 aliphatic rings. The van der Waals surface area contributed by atoms with Crippen molar-refractivity contribution in [3.8, 4) is 11.4 Å². The smallest absolute Gasteiger partial charge is 0.276 e. The molecule has 2 aromatic carbocycles. The number of aromatic nitrogens is 2. The van der Waals surface area contributed by atoms with Crippen LogP contribution >= 0.6 is 34.7 Å². The van der Waals surface area contributed by atoms with Crippen LogP contribution in [0.4, 0.5) is 5.69 Å². The van der Waals surface area contributed by atoms with E-state index < -0.39 is 5.25 Å². The van der Waals surface area contributed by atoms with E-state index >= 15 is 0 Å². The molecular weight excluding hydrogens is 466 g/mol. The van der Waals surface area contributed by atoms with Crippen LogP contribution in [0.2, 0.25) is 5.02 Å². The van der Waals surface area contributed by atoms with Gasteiger partial charge < -0.3 is 10.1 Å². The lowest BCUT2D eigenvalue weighted by Gasteiger charge is -2.18. The second-order valence-corrected chi connectivity index (χ2v) is 9.40. The molecule has 9 heteroatoms. The van der Waals surface area contributed by atoms with Gasteiger partial charge in [-0.2, -0.15) is 0 Å². The molecule has 0 saturated heterocycles. The summed E-state index contributed by atoms with van der Waals surface area (Å²) in [5.74, 6) is 0.484. The lowest BCUT2D eigenvalue weighted by Crippen LogP contribution is -2.27. The third-order valence-electron chi connectivity index (χ3n) is 4.78. The van der Waals surface area contributed by atoms with E-state index in [0.717, 1.165) is 0 Å². The van der Waals surface area contributed by atoms with Gasteiger partial charge in [-0.05, 0) is 54.3 Å². The fourth-order valence-corrected chi connectivity index (χ4v) is 5.08. The number of anilines is 1. The minimum Gasteiger partial charge on any atom is -0.497 e. The number of hydrogen-bond donors (Lipinski definition) is 1. The SMILES string of the molecule is CCC(Sc1nc2ccsc2c(=O)n1-c1ccc(Cl)cc1)C(=O)Nc1cccc(OC)c1. The third-order valence-corrected chi connectivity index (χ3v) is 7.24. The second kappa shape index (κ2) is 9.77. The highest BCUT2D eigenvalue weighted by molar-refractivity contribution is 8.00. The summed E-state index contributed by atoms with van der Waals surface area (Å²) >= 11 is 8.65. The van der Waals surface area contributed by atoms with E-state index in [1.165, 1.54) is 23.1 Å². The Hall–Kier alpha value is -2.81. The topological polar surface area (TPSA) is 73.2 Å². The molecule has 0 fully saturated rings. The number of thiophene rings is 1. The van der Waals surface area contributed by atoms with E-state index in [0.29, 0.717) is 43.9 Å². The number of halogens is 1. The summed E-state index contributed by atoms with van der Waals surface area (Å²) < 4.78 is 7.34. The summed E-state index contributed by atoms with van der Waals surface area (Å²) in [5.41, 5.74) is 1.74. The predicted octanol–water partition coefficient (Wildman–Crippen LogP) is 5.62. The maximum absolute atomic E-state index is 13.3. The summed E-state index contributed by atoms with van der Waals surface area (Å²) in [5, 5.41) is 5.34. The Morgan fingerprint density at radius 3 is 2.75 bits per heavy atom. The first-order valence-electron chi connectivity index (χ1n) is 9.88. The molecule has 1 amide bonds. The van der Waals surface area contributed by atoms with Crippen molar-refractivity contribution in [1.82, 2.24) is 9.55 Å². The second-order valence-electron chi connectivity index (χ2n) is 6.88. The van der Waals surface area contributed by atoms with E-state index in [1.807, 2.05) is 30.5 Å². The number of nitrogens with zero attached hydrogens (tertiary/aromatic N) is 2. The number of benzene rings is 2. The molecule has 2 heterocycles. The van der Waals surface area contributed by atoms with Crippen molar-refractivity contribution in [3.63, 3.8) is 0 Å². The molecule has 1 unspecified atom stereocenters. The Bertz CT molecular complexity index is 1320. The number of ether oxygens (including phenoxy) is 1. The first-order chi connectivity index (χ1) is 15.5. The van der Waals surface area contributed by atoms with Crippen LogP contribution in [0.15, 0.2) is 69.9 Å². The average Bonchev–Trinajstić information content (AvgIpc) is 3.27. The van der Waals surface area contributed by atoms with Crippen molar-refractivity contribution in [1.29, 1.82) is 0 Å². The largest absolute Gasteiger partial charge is 0.497 e. The predicted molar refractivity (Wildman–Crippen MR) is 132 cm³/mol. The summed E-state index contributed by atoms with van der Waals surface area (Å²) in [6, 6.07) is 16.0. The molecule has 4 aromatic rings. The lowest BCUT2D eigenvalue weighted by molar-refractivity contribution is -0.115. The van der Waals surface area contributed by atoms with Crippen molar-refractivity contribution in [2.45, 2.75) is 23.8 Å². The summed E-state index contributed by atoms with van der Waals surface area (Å²) in [6.45, 7) is 1.93. The Labute approximate surface area is 198 Å². The molecule has 1 N–H and O–H groups in total. The molecule has 0 aliphatic heterocycles. The van der Waals surface area contributed by atoms with Gasteiger partial charge in [0.1, 0.15) is 10.4 Å². The quantitative estimate of drug-likeness (QED) is 0.272. The number of amides is 1. The fraction of sp³-hybridized carbons (Fsp3) is 0.174. The molecule has 0 saturated carbocycles. The molecule has 0 aliphatic carbocycles. The molecule has 164 valence electrons.